The van der Waals surface area contributed by atoms with Crippen LogP contribution in [0.5, 0.6) is 0 Å². The van der Waals surface area contributed by atoms with E-state index in [0.717, 1.165) is 11.1 Å². The summed E-state index contributed by atoms with van der Waals surface area (Å²) in [7, 11) is 0. The Kier molecular flexibility index (Phi) is 4.23. The first-order valence-corrected chi connectivity index (χ1v) is 6.80. The lowest BCUT2D eigenvalue weighted by Gasteiger charge is -2.37. The Balaban J connectivity index is 2.36. The van der Waals surface area contributed by atoms with Crippen molar-refractivity contribution in [1.29, 1.82) is 0 Å². The van der Waals surface area contributed by atoms with E-state index in [0.29, 0.717) is 6.54 Å². The minimum atomic E-state index is -0.546. The molecule has 0 aliphatic carbocycles. The first-order chi connectivity index (χ1) is 9.50. The van der Waals surface area contributed by atoms with E-state index in [2.05, 4.69) is 5.32 Å². The number of hydrogen-bond acceptors (Lipinski definition) is 2. The predicted molar refractivity (Wildman–Crippen MR) is 77.9 cm³/mol. The molecule has 2 atom stereocenters. The van der Waals surface area contributed by atoms with Crippen LogP contribution in [0.4, 0.5) is 0 Å². The van der Waals surface area contributed by atoms with Crippen LogP contribution in [-0.2, 0) is 9.59 Å². The van der Waals surface area contributed by atoms with Crippen molar-refractivity contribution in [3.63, 3.8) is 0 Å². The molecule has 2 amide bonds. The first-order valence-electron chi connectivity index (χ1n) is 6.80. The maximum absolute atomic E-state index is 12.3. The lowest BCUT2D eigenvalue weighted by molar-refractivity contribution is -0.148. The summed E-state index contributed by atoms with van der Waals surface area (Å²) in [5.74, 6) is -0.165. The summed E-state index contributed by atoms with van der Waals surface area (Å²) in [6.07, 6.45) is 1.97. The molecule has 4 heteroatoms. The highest BCUT2D eigenvalue weighted by atomic mass is 16.2. The molecular weight excluding hydrogens is 252 g/mol. The van der Waals surface area contributed by atoms with Crippen LogP contribution in [0.3, 0.4) is 0 Å². The molecule has 1 aromatic carbocycles. The molecular formula is C16H20N2O2. The van der Waals surface area contributed by atoms with E-state index in [1.54, 1.807) is 11.8 Å². The number of benzene rings is 1. The zero-order valence-electron chi connectivity index (χ0n) is 12.1. The summed E-state index contributed by atoms with van der Waals surface area (Å²) in [6.45, 7) is 6.14. The summed E-state index contributed by atoms with van der Waals surface area (Å²) < 4.78 is 0. The van der Waals surface area contributed by atoms with Crippen LogP contribution in [0.2, 0.25) is 0 Å². The maximum Gasteiger partial charge on any atom is 0.248 e. The summed E-state index contributed by atoms with van der Waals surface area (Å²) in [5, 5.41) is 2.74. The number of rotatable bonds is 3. The van der Waals surface area contributed by atoms with Crippen LogP contribution >= 0.6 is 0 Å². The summed E-state index contributed by atoms with van der Waals surface area (Å²) in [5.41, 5.74) is 1.97. The van der Waals surface area contributed by atoms with E-state index in [4.69, 9.17) is 0 Å². The minimum absolute atomic E-state index is 0.0454. The highest BCUT2D eigenvalue weighted by Gasteiger charge is 2.38. The van der Waals surface area contributed by atoms with Crippen LogP contribution in [0, 0.1) is 0 Å². The second-order valence-electron chi connectivity index (χ2n) is 5.32. The molecule has 0 spiro atoms. The molecule has 4 nitrogen and oxygen atoms in total. The smallest absolute Gasteiger partial charge is 0.248 e. The molecule has 2 unspecified atom stereocenters. The summed E-state index contributed by atoms with van der Waals surface area (Å²) >= 11 is 0. The van der Waals surface area contributed by atoms with Crippen LogP contribution in [0.1, 0.15) is 32.4 Å². The van der Waals surface area contributed by atoms with E-state index in [1.807, 2.05) is 50.3 Å². The fourth-order valence-corrected chi connectivity index (χ4v) is 2.31. The Morgan fingerprint density at radius 2 is 1.90 bits per heavy atom. The minimum Gasteiger partial charge on any atom is -0.342 e. The lowest BCUT2D eigenvalue weighted by Crippen LogP contribution is -2.58. The first kappa shape index (κ1) is 14.3. The zero-order chi connectivity index (χ0) is 14.7. The fraction of sp³-hybridized carbons (Fsp3) is 0.375. The van der Waals surface area contributed by atoms with Crippen molar-refractivity contribution in [1.82, 2.24) is 10.2 Å². The van der Waals surface area contributed by atoms with Gasteiger partial charge in [-0.15, -0.1) is 0 Å². The van der Waals surface area contributed by atoms with Gasteiger partial charge in [0.1, 0.15) is 12.1 Å². The van der Waals surface area contributed by atoms with Gasteiger partial charge in [0, 0.05) is 6.54 Å². The number of hydrogen-bond donors (Lipinski definition) is 1. The molecule has 1 fully saturated rings. The molecule has 0 aromatic heterocycles. The molecule has 0 bridgehead atoms. The molecule has 1 saturated heterocycles. The van der Waals surface area contributed by atoms with E-state index >= 15 is 0 Å². The molecule has 1 N–H and O–H groups in total. The number of carbonyl (C=O) groups excluding carboxylic acids is 2. The number of piperazine rings is 1. The molecule has 0 radical (unpaired) electrons. The third-order valence-corrected chi connectivity index (χ3v) is 3.38. The van der Waals surface area contributed by atoms with E-state index < -0.39 is 12.1 Å². The quantitative estimate of drug-likeness (QED) is 0.856. The molecule has 0 saturated carbocycles. The largest absolute Gasteiger partial charge is 0.342 e. The molecule has 1 aliphatic heterocycles. The third-order valence-electron chi connectivity index (χ3n) is 3.38. The van der Waals surface area contributed by atoms with Crippen LogP contribution < -0.4 is 5.32 Å². The Bertz CT molecular complexity index is 533. The Morgan fingerprint density at radius 1 is 1.25 bits per heavy atom. The average molecular weight is 272 g/mol. The lowest BCUT2D eigenvalue weighted by atomic mass is 10.00. The number of allylic oxidation sites excluding steroid dienone is 1. The van der Waals surface area contributed by atoms with Crippen LogP contribution in [0.25, 0.3) is 0 Å². The molecule has 1 aromatic rings. The summed E-state index contributed by atoms with van der Waals surface area (Å²) in [4.78, 5) is 26.3. The van der Waals surface area contributed by atoms with E-state index in [1.165, 1.54) is 0 Å². The second-order valence-corrected chi connectivity index (χ2v) is 5.32. The van der Waals surface area contributed by atoms with E-state index in [-0.39, 0.29) is 11.8 Å². The molecule has 2 rings (SSSR count). The molecule has 1 heterocycles. The number of amides is 2. The van der Waals surface area contributed by atoms with Crippen molar-refractivity contribution in [3.05, 3.63) is 47.5 Å². The van der Waals surface area contributed by atoms with Crippen molar-refractivity contribution in [2.75, 3.05) is 6.54 Å². The number of carbonyl (C=O) groups is 2. The number of nitrogens with zero attached hydrogens (tertiary/aromatic N) is 1. The van der Waals surface area contributed by atoms with Gasteiger partial charge < -0.3 is 10.2 Å². The monoisotopic (exact) mass is 272 g/mol. The maximum atomic E-state index is 12.3. The van der Waals surface area contributed by atoms with Gasteiger partial charge in [0.25, 0.3) is 0 Å². The standard InChI is InChI=1S/C16H20N2O2/c1-11(2)9-10-18-14(13-7-5-4-6-8-13)15(19)17-12(3)16(18)20/h4-9,12,14H,10H2,1-3H3,(H,17,19). The van der Waals surface area contributed by atoms with Crippen molar-refractivity contribution in [3.8, 4) is 0 Å². The van der Waals surface area contributed by atoms with Crippen LogP contribution in [-0.4, -0.2) is 29.3 Å². The van der Waals surface area contributed by atoms with Gasteiger partial charge in [-0.2, -0.15) is 0 Å². The third kappa shape index (κ3) is 2.90. The van der Waals surface area contributed by atoms with Crippen molar-refractivity contribution in [2.24, 2.45) is 0 Å². The highest BCUT2D eigenvalue weighted by molar-refractivity contribution is 5.97. The zero-order valence-corrected chi connectivity index (χ0v) is 12.1. The van der Waals surface area contributed by atoms with Gasteiger partial charge in [0.05, 0.1) is 0 Å². The average Bonchev–Trinajstić information content (AvgIpc) is 2.42. The molecule has 106 valence electrons. The predicted octanol–water partition coefficient (Wildman–Crippen LogP) is 2.04. The van der Waals surface area contributed by atoms with Gasteiger partial charge in [-0.05, 0) is 26.3 Å². The molecule has 20 heavy (non-hydrogen) atoms. The van der Waals surface area contributed by atoms with Crippen molar-refractivity contribution < 1.29 is 9.59 Å². The van der Waals surface area contributed by atoms with Gasteiger partial charge in [0.15, 0.2) is 0 Å². The highest BCUT2D eigenvalue weighted by Crippen LogP contribution is 2.25. The molecule has 1 aliphatic rings. The van der Waals surface area contributed by atoms with Gasteiger partial charge in [-0.3, -0.25) is 9.59 Å². The fourth-order valence-electron chi connectivity index (χ4n) is 2.31. The van der Waals surface area contributed by atoms with E-state index in [9.17, 15) is 9.59 Å². The topological polar surface area (TPSA) is 49.4 Å². The Labute approximate surface area is 119 Å². The van der Waals surface area contributed by atoms with Gasteiger partial charge in [0.2, 0.25) is 11.8 Å². The van der Waals surface area contributed by atoms with Crippen molar-refractivity contribution >= 4 is 11.8 Å². The van der Waals surface area contributed by atoms with Crippen molar-refractivity contribution in [2.45, 2.75) is 32.9 Å². The number of nitrogens with one attached hydrogen (secondary N) is 1. The Morgan fingerprint density at radius 3 is 2.50 bits per heavy atom. The van der Waals surface area contributed by atoms with Gasteiger partial charge in [-0.1, -0.05) is 42.0 Å². The summed E-state index contributed by atoms with van der Waals surface area (Å²) in [6, 6.07) is 8.40. The SMILES string of the molecule is CC(C)=CCN1C(=O)C(C)NC(=O)C1c1ccccc1. The normalized spacial score (nSPS) is 22.4. The van der Waals surface area contributed by atoms with Gasteiger partial charge >= 0.3 is 0 Å². The van der Waals surface area contributed by atoms with Gasteiger partial charge in [-0.25, -0.2) is 0 Å². The Hall–Kier alpha value is -2.10. The second kappa shape index (κ2) is 5.90. The van der Waals surface area contributed by atoms with Crippen LogP contribution in [0.15, 0.2) is 42.0 Å².